The van der Waals surface area contributed by atoms with E-state index < -0.39 is 5.91 Å². The van der Waals surface area contributed by atoms with Gasteiger partial charge in [-0.15, -0.1) is 5.10 Å². The third-order valence-electron chi connectivity index (χ3n) is 4.67. The van der Waals surface area contributed by atoms with Crippen molar-refractivity contribution in [2.45, 2.75) is 13.8 Å². The largest absolute Gasteiger partial charge is 0.319 e. The van der Waals surface area contributed by atoms with E-state index >= 15 is 0 Å². The van der Waals surface area contributed by atoms with Gasteiger partial charge in [-0.1, -0.05) is 69.0 Å². The molecule has 1 amide bonds. The summed E-state index contributed by atoms with van der Waals surface area (Å²) in [6, 6.07) is 18.6. The lowest BCUT2D eigenvalue weighted by Gasteiger charge is -2.10. The zero-order valence-electron chi connectivity index (χ0n) is 16.7. The van der Waals surface area contributed by atoms with Crippen molar-refractivity contribution in [2.24, 2.45) is 0 Å². The standard InChI is InChI=1S/C23H17BrCl2N4O/c1-13-3-10-20(14(2)11-13)30-22(15-4-6-16(24)7-5-15)28-21(29-30)23(31)27-17-8-9-18(25)19(26)12-17/h3-12H,1-2H3,(H,27,31). The molecule has 0 spiro atoms. The maximum absolute atomic E-state index is 12.9. The smallest absolute Gasteiger partial charge is 0.295 e. The number of rotatable bonds is 4. The van der Waals surface area contributed by atoms with E-state index in [-0.39, 0.29) is 5.82 Å². The second-order valence-corrected chi connectivity index (χ2v) is 8.78. The van der Waals surface area contributed by atoms with E-state index in [4.69, 9.17) is 23.2 Å². The van der Waals surface area contributed by atoms with Gasteiger partial charge >= 0.3 is 0 Å². The van der Waals surface area contributed by atoms with Crippen LogP contribution < -0.4 is 5.32 Å². The van der Waals surface area contributed by atoms with Crippen LogP contribution in [-0.4, -0.2) is 20.7 Å². The second-order valence-electron chi connectivity index (χ2n) is 7.05. The fraction of sp³-hybridized carbons (Fsp3) is 0.0870. The molecule has 1 aromatic heterocycles. The zero-order chi connectivity index (χ0) is 22.1. The number of benzene rings is 3. The molecule has 156 valence electrons. The van der Waals surface area contributed by atoms with Gasteiger partial charge in [-0.3, -0.25) is 4.79 Å². The molecule has 8 heteroatoms. The van der Waals surface area contributed by atoms with Crippen molar-refractivity contribution in [3.05, 3.63) is 92.1 Å². The Kier molecular flexibility index (Phi) is 6.14. The summed E-state index contributed by atoms with van der Waals surface area (Å²) in [6.07, 6.45) is 0. The Balaban J connectivity index is 1.77. The van der Waals surface area contributed by atoms with E-state index in [9.17, 15) is 4.79 Å². The first-order valence-corrected chi connectivity index (χ1v) is 10.9. The Morgan fingerprint density at radius 1 is 0.968 bits per heavy atom. The molecule has 0 saturated heterocycles. The van der Waals surface area contributed by atoms with Crippen molar-refractivity contribution in [2.75, 3.05) is 5.32 Å². The topological polar surface area (TPSA) is 59.8 Å². The molecule has 4 rings (SSSR count). The van der Waals surface area contributed by atoms with Crippen LogP contribution in [0, 0.1) is 13.8 Å². The fourth-order valence-corrected chi connectivity index (χ4v) is 3.73. The number of carbonyl (C=O) groups is 1. The van der Waals surface area contributed by atoms with Crippen molar-refractivity contribution in [3.8, 4) is 17.1 Å². The van der Waals surface area contributed by atoms with Crippen molar-refractivity contribution < 1.29 is 4.79 Å². The molecule has 0 bridgehead atoms. The predicted molar refractivity (Wildman–Crippen MR) is 128 cm³/mol. The Morgan fingerprint density at radius 2 is 1.71 bits per heavy atom. The summed E-state index contributed by atoms with van der Waals surface area (Å²) in [5.41, 5.74) is 4.37. The van der Waals surface area contributed by atoms with E-state index in [0.29, 0.717) is 21.6 Å². The van der Waals surface area contributed by atoms with Crippen molar-refractivity contribution in [3.63, 3.8) is 0 Å². The van der Waals surface area contributed by atoms with E-state index in [1.165, 1.54) is 0 Å². The Hall–Kier alpha value is -2.67. The molecule has 0 aliphatic carbocycles. The molecule has 0 radical (unpaired) electrons. The lowest BCUT2D eigenvalue weighted by molar-refractivity contribution is 0.101. The molecule has 4 aromatic rings. The van der Waals surface area contributed by atoms with Gasteiger partial charge in [-0.05, 0) is 55.8 Å². The number of aryl methyl sites for hydroxylation is 2. The van der Waals surface area contributed by atoms with Gasteiger partial charge in [-0.2, -0.15) is 0 Å². The number of anilines is 1. The number of hydrogen-bond donors (Lipinski definition) is 1. The molecule has 5 nitrogen and oxygen atoms in total. The lowest BCUT2D eigenvalue weighted by Crippen LogP contribution is -2.14. The minimum Gasteiger partial charge on any atom is -0.319 e. The van der Waals surface area contributed by atoms with Crippen LogP contribution >= 0.6 is 39.1 Å². The fourth-order valence-electron chi connectivity index (χ4n) is 3.17. The third kappa shape index (κ3) is 4.66. The molecule has 1 heterocycles. The Labute approximate surface area is 198 Å². The normalized spacial score (nSPS) is 10.9. The number of nitrogens with one attached hydrogen (secondary N) is 1. The highest BCUT2D eigenvalue weighted by molar-refractivity contribution is 9.10. The molecule has 1 N–H and O–H groups in total. The summed E-state index contributed by atoms with van der Waals surface area (Å²) >= 11 is 15.5. The van der Waals surface area contributed by atoms with Crippen LogP contribution in [0.3, 0.4) is 0 Å². The zero-order valence-corrected chi connectivity index (χ0v) is 19.8. The van der Waals surface area contributed by atoms with Crippen molar-refractivity contribution in [1.29, 1.82) is 0 Å². The first kappa shape index (κ1) is 21.6. The summed E-state index contributed by atoms with van der Waals surface area (Å²) in [7, 11) is 0. The van der Waals surface area contributed by atoms with Crippen LogP contribution in [0.5, 0.6) is 0 Å². The summed E-state index contributed by atoms with van der Waals surface area (Å²) in [5.74, 6) is 0.169. The highest BCUT2D eigenvalue weighted by Gasteiger charge is 2.20. The maximum atomic E-state index is 12.9. The molecule has 0 aliphatic rings. The minimum absolute atomic E-state index is 0.0453. The van der Waals surface area contributed by atoms with Gasteiger partial charge in [0.25, 0.3) is 5.91 Å². The molecule has 0 aliphatic heterocycles. The average molecular weight is 516 g/mol. The molecule has 0 atom stereocenters. The van der Waals surface area contributed by atoms with Crippen LogP contribution in [-0.2, 0) is 0 Å². The highest BCUT2D eigenvalue weighted by atomic mass is 79.9. The third-order valence-corrected chi connectivity index (χ3v) is 5.94. The highest BCUT2D eigenvalue weighted by Crippen LogP contribution is 2.27. The van der Waals surface area contributed by atoms with E-state index in [1.807, 2.05) is 50.2 Å². The van der Waals surface area contributed by atoms with Gasteiger partial charge in [0.2, 0.25) is 5.82 Å². The van der Waals surface area contributed by atoms with Gasteiger partial charge in [0, 0.05) is 15.7 Å². The van der Waals surface area contributed by atoms with Crippen molar-refractivity contribution >= 4 is 50.7 Å². The molecule has 3 aromatic carbocycles. The number of amides is 1. The average Bonchev–Trinajstić information content (AvgIpc) is 3.16. The minimum atomic E-state index is -0.444. The van der Waals surface area contributed by atoms with Crippen LogP contribution in [0.25, 0.3) is 17.1 Å². The summed E-state index contributed by atoms with van der Waals surface area (Å²) < 4.78 is 2.65. The molecule has 31 heavy (non-hydrogen) atoms. The Morgan fingerprint density at radius 3 is 2.39 bits per heavy atom. The van der Waals surface area contributed by atoms with E-state index in [0.717, 1.165) is 26.9 Å². The van der Waals surface area contributed by atoms with Gasteiger partial charge in [0.05, 0.1) is 15.7 Å². The van der Waals surface area contributed by atoms with Gasteiger partial charge in [-0.25, -0.2) is 9.67 Å². The van der Waals surface area contributed by atoms with Crippen LogP contribution in [0.2, 0.25) is 10.0 Å². The van der Waals surface area contributed by atoms with Gasteiger partial charge in [0.15, 0.2) is 5.82 Å². The van der Waals surface area contributed by atoms with Gasteiger partial charge in [0.1, 0.15) is 0 Å². The van der Waals surface area contributed by atoms with Crippen LogP contribution in [0.4, 0.5) is 5.69 Å². The first-order valence-electron chi connectivity index (χ1n) is 9.39. The summed E-state index contributed by atoms with van der Waals surface area (Å²) in [4.78, 5) is 17.5. The van der Waals surface area contributed by atoms with E-state index in [2.05, 4.69) is 37.4 Å². The van der Waals surface area contributed by atoms with Crippen molar-refractivity contribution in [1.82, 2.24) is 14.8 Å². The second kappa shape index (κ2) is 8.83. The molecule has 0 fully saturated rings. The number of halogens is 3. The number of carbonyl (C=O) groups excluding carboxylic acids is 1. The summed E-state index contributed by atoms with van der Waals surface area (Å²) in [5, 5.41) is 8.07. The predicted octanol–water partition coefficient (Wildman–Crippen LogP) is 6.87. The van der Waals surface area contributed by atoms with E-state index in [1.54, 1.807) is 22.9 Å². The molecule has 0 saturated carbocycles. The number of aromatic nitrogens is 3. The van der Waals surface area contributed by atoms with Crippen LogP contribution in [0.15, 0.2) is 65.1 Å². The molecular weight excluding hydrogens is 499 g/mol. The number of nitrogens with zero attached hydrogens (tertiary/aromatic N) is 3. The quantitative estimate of drug-likeness (QED) is 0.322. The number of hydrogen-bond acceptors (Lipinski definition) is 3. The lowest BCUT2D eigenvalue weighted by atomic mass is 10.1. The van der Waals surface area contributed by atoms with Crippen LogP contribution in [0.1, 0.15) is 21.7 Å². The first-order chi connectivity index (χ1) is 14.8. The maximum Gasteiger partial charge on any atom is 0.295 e. The van der Waals surface area contributed by atoms with Gasteiger partial charge < -0.3 is 5.32 Å². The molecular formula is C23H17BrCl2N4O. The molecule has 0 unspecified atom stereocenters. The Bertz CT molecular complexity index is 1290. The SMILES string of the molecule is Cc1ccc(-n2nc(C(=O)Nc3ccc(Cl)c(Cl)c3)nc2-c2ccc(Br)cc2)c(C)c1. The summed E-state index contributed by atoms with van der Waals surface area (Å²) in [6.45, 7) is 4.04. The monoisotopic (exact) mass is 514 g/mol.